The summed E-state index contributed by atoms with van der Waals surface area (Å²) in [6, 6.07) is 12.3. The first-order valence-corrected chi connectivity index (χ1v) is 7.62. The van der Waals surface area contributed by atoms with E-state index in [4.69, 9.17) is 10.1 Å². The Hall–Kier alpha value is -3.34. The van der Waals surface area contributed by atoms with Gasteiger partial charge in [0.2, 0.25) is 0 Å². The van der Waals surface area contributed by atoms with E-state index in [2.05, 4.69) is 10.1 Å². The van der Waals surface area contributed by atoms with Crippen LogP contribution in [-0.2, 0) is 11.4 Å². The molecular formula is C18H13F3N4O. The number of imidazole rings is 1. The van der Waals surface area contributed by atoms with Crippen molar-refractivity contribution in [3.05, 3.63) is 65.2 Å². The van der Waals surface area contributed by atoms with Gasteiger partial charge in [-0.2, -0.15) is 14.0 Å². The van der Waals surface area contributed by atoms with E-state index in [1.807, 2.05) is 6.07 Å². The number of oxime groups is 1. The largest absolute Gasteiger partial charge is 0.390 e. The summed E-state index contributed by atoms with van der Waals surface area (Å²) in [5.41, 5.74) is 1.22. The van der Waals surface area contributed by atoms with Crippen LogP contribution in [0.5, 0.6) is 0 Å². The molecule has 26 heavy (non-hydrogen) atoms. The number of nitrogens with zero attached hydrogens (tertiary/aromatic N) is 4. The molecular weight excluding hydrogens is 345 g/mol. The normalized spacial score (nSPS) is 11.8. The summed E-state index contributed by atoms with van der Waals surface area (Å²) >= 11 is 0. The summed E-state index contributed by atoms with van der Waals surface area (Å²) in [5.74, 6) is -0.627. The number of alkyl halides is 2. The number of hydrogen-bond acceptors (Lipinski definition) is 4. The van der Waals surface area contributed by atoms with Gasteiger partial charge in [-0.15, -0.1) is 0 Å². The zero-order valence-electron chi connectivity index (χ0n) is 13.7. The summed E-state index contributed by atoms with van der Waals surface area (Å²) in [6.45, 7) is -1.52. The molecule has 3 aromatic rings. The fourth-order valence-electron chi connectivity index (χ4n) is 2.47. The highest BCUT2D eigenvalue weighted by Gasteiger charge is 2.19. The van der Waals surface area contributed by atoms with E-state index < -0.39 is 12.4 Å². The number of nitriles is 1. The zero-order valence-corrected chi connectivity index (χ0v) is 13.7. The molecule has 0 saturated carbocycles. The first-order chi connectivity index (χ1) is 12.5. The summed E-state index contributed by atoms with van der Waals surface area (Å²) in [4.78, 5) is 9.25. The molecule has 0 N–H and O–H groups in total. The monoisotopic (exact) mass is 358 g/mol. The molecule has 0 aliphatic carbocycles. The second-order valence-corrected chi connectivity index (χ2v) is 5.44. The van der Waals surface area contributed by atoms with Crippen molar-refractivity contribution < 1.29 is 18.0 Å². The Morgan fingerprint density at radius 3 is 2.77 bits per heavy atom. The van der Waals surface area contributed by atoms with E-state index >= 15 is 0 Å². The molecule has 0 aliphatic rings. The molecule has 1 aromatic heterocycles. The van der Waals surface area contributed by atoms with E-state index in [-0.39, 0.29) is 34.8 Å². The third-order valence-corrected chi connectivity index (χ3v) is 3.72. The highest BCUT2D eigenvalue weighted by atomic mass is 19.3. The fraction of sp³-hybridized carbons (Fsp3) is 0.167. The molecule has 0 saturated heterocycles. The van der Waals surface area contributed by atoms with Crippen molar-refractivity contribution in [3.63, 3.8) is 0 Å². The van der Waals surface area contributed by atoms with Crippen molar-refractivity contribution in [2.45, 2.75) is 20.1 Å². The lowest BCUT2D eigenvalue weighted by Gasteiger charge is -2.07. The Morgan fingerprint density at radius 1 is 1.31 bits per heavy atom. The predicted molar refractivity (Wildman–Crippen MR) is 89.1 cm³/mol. The van der Waals surface area contributed by atoms with Crippen LogP contribution >= 0.6 is 0 Å². The maximum absolute atomic E-state index is 13.8. The van der Waals surface area contributed by atoms with Gasteiger partial charge in [0, 0.05) is 5.56 Å². The average molecular weight is 358 g/mol. The molecule has 1 heterocycles. The van der Waals surface area contributed by atoms with Gasteiger partial charge in [-0.25, -0.2) is 9.37 Å². The van der Waals surface area contributed by atoms with E-state index in [1.165, 1.54) is 25.1 Å². The quantitative estimate of drug-likeness (QED) is 0.502. The molecule has 132 valence electrons. The highest BCUT2D eigenvalue weighted by molar-refractivity contribution is 5.98. The van der Waals surface area contributed by atoms with Crippen LogP contribution in [0.4, 0.5) is 13.2 Å². The molecule has 8 heteroatoms. The Bertz CT molecular complexity index is 1020. The van der Waals surface area contributed by atoms with Crippen molar-refractivity contribution in [2.24, 2.45) is 5.16 Å². The Morgan fingerprint density at radius 2 is 2.08 bits per heavy atom. The second kappa shape index (κ2) is 7.27. The van der Waals surface area contributed by atoms with Crippen molar-refractivity contribution in [2.75, 3.05) is 0 Å². The Labute approximate surface area is 146 Å². The minimum atomic E-state index is -2.79. The number of para-hydroxylation sites is 2. The molecule has 0 aliphatic heterocycles. The standard InChI is InChI=1S/C18H13F3N4O/c1-11(24-26-10-13-7-6-12(9-22)8-14(13)19)17-23-15-4-2-3-5-16(15)25(17)18(20)21/h2-8,18H,10H2,1H3/b24-11+. The summed E-state index contributed by atoms with van der Waals surface area (Å²) < 4.78 is 41.4. The molecule has 0 unspecified atom stereocenters. The third-order valence-electron chi connectivity index (χ3n) is 3.72. The predicted octanol–water partition coefficient (Wildman–Crippen LogP) is 4.38. The smallest absolute Gasteiger partial charge is 0.320 e. The van der Waals surface area contributed by atoms with Crippen molar-refractivity contribution >= 4 is 16.7 Å². The first kappa shape index (κ1) is 17.5. The van der Waals surface area contributed by atoms with Gasteiger partial charge in [0.05, 0.1) is 22.7 Å². The van der Waals surface area contributed by atoms with Crippen molar-refractivity contribution in [3.8, 4) is 6.07 Å². The summed E-state index contributed by atoms with van der Waals surface area (Å²) in [6.07, 6.45) is 0. The van der Waals surface area contributed by atoms with Gasteiger partial charge >= 0.3 is 6.55 Å². The van der Waals surface area contributed by atoms with Crippen LogP contribution in [-0.4, -0.2) is 15.3 Å². The summed E-state index contributed by atoms with van der Waals surface area (Å²) in [7, 11) is 0. The lowest BCUT2D eigenvalue weighted by atomic mass is 10.1. The van der Waals surface area contributed by atoms with E-state index in [9.17, 15) is 13.2 Å². The van der Waals surface area contributed by atoms with Crippen LogP contribution in [0.2, 0.25) is 0 Å². The van der Waals surface area contributed by atoms with E-state index in [1.54, 1.807) is 18.2 Å². The number of rotatable bonds is 5. The number of fused-ring (bicyclic) bond motifs is 1. The Balaban J connectivity index is 1.83. The first-order valence-electron chi connectivity index (χ1n) is 7.62. The van der Waals surface area contributed by atoms with Gasteiger partial charge in [0.15, 0.2) is 5.82 Å². The van der Waals surface area contributed by atoms with Crippen LogP contribution in [0.3, 0.4) is 0 Å². The maximum atomic E-state index is 13.8. The second-order valence-electron chi connectivity index (χ2n) is 5.44. The maximum Gasteiger partial charge on any atom is 0.320 e. The average Bonchev–Trinajstić information content (AvgIpc) is 3.02. The molecule has 5 nitrogen and oxygen atoms in total. The lowest BCUT2D eigenvalue weighted by molar-refractivity contribution is 0.0736. The van der Waals surface area contributed by atoms with Crippen molar-refractivity contribution in [1.29, 1.82) is 5.26 Å². The zero-order chi connectivity index (χ0) is 18.7. The Kier molecular flexibility index (Phi) is 4.89. The van der Waals surface area contributed by atoms with Gasteiger partial charge in [0.25, 0.3) is 0 Å². The van der Waals surface area contributed by atoms with Gasteiger partial charge in [0.1, 0.15) is 18.1 Å². The fourth-order valence-corrected chi connectivity index (χ4v) is 2.47. The SMILES string of the molecule is C/C(=N\OCc1ccc(C#N)cc1F)c1nc2ccccc2n1C(F)F. The molecule has 0 fully saturated rings. The number of benzene rings is 2. The third kappa shape index (κ3) is 3.37. The van der Waals surface area contributed by atoms with E-state index in [0.29, 0.717) is 5.52 Å². The summed E-state index contributed by atoms with van der Waals surface area (Å²) in [5, 5.41) is 12.5. The molecule has 3 rings (SSSR count). The molecule has 0 bridgehead atoms. The molecule has 0 radical (unpaired) electrons. The van der Waals surface area contributed by atoms with Crippen LogP contribution in [0, 0.1) is 17.1 Å². The van der Waals surface area contributed by atoms with E-state index in [0.717, 1.165) is 10.6 Å². The van der Waals surface area contributed by atoms with Crippen LogP contribution in [0.25, 0.3) is 11.0 Å². The van der Waals surface area contributed by atoms with Gasteiger partial charge in [-0.3, -0.25) is 4.57 Å². The molecule has 0 atom stereocenters. The van der Waals surface area contributed by atoms with Gasteiger partial charge in [-0.1, -0.05) is 23.4 Å². The lowest BCUT2D eigenvalue weighted by Crippen LogP contribution is -2.10. The highest BCUT2D eigenvalue weighted by Crippen LogP contribution is 2.23. The van der Waals surface area contributed by atoms with Crippen molar-refractivity contribution in [1.82, 2.24) is 9.55 Å². The topological polar surface area (TPSA) is 63.2 Å². The molecule has 0 spiro atoms. The molecule has 0 amide bonds. The van der Waals surface area contributed by atoms with Crippen LogP contribution in [0.1, 0.15) is 30.4 Å². The number of halogens is 3. The number of hydrogen-bond donors (Lipinski definition) is 0. The minimum Gasteiger partial charge on any atom is -0.390 e. The van der Waals surface area contributed by atoms with Gasteiger partial charge in [-0.05, 0) is 31.2 Å². The number of aromatic nitrogens is 2. The van der Waals surface area contributed by atoms with Crippen LogP contribution < -0.4 is 0 Å². The van der Waals surface area contributed by atoms with Gasteiger partial charge < -0.3 is 4.84 Å². The molecule has 2 aromatic carbocycles. The minimum absolute atomic E-state index is 0.0264. The van der Waals surface area contributed by atoms with Crippen LogP contribution in [0.15, 0.2) is 47.6 Å².